The minimum absolute atomic E-state index is 0.119. The van der Waals surface area contributed by atoms with Crippen LogP contribution in [0.15, 0.2) is 65.1 Å². The van der Waals surface area contributed by atoms with E-state index in [2.05, 4.69) is 26.6 Å². The number of benzene rings is 3. The van der Waals surface area contributed by atoms with Crippen LogP contribution in [0.5, 0.6) is 17.2 Å². The number of fused-ring (bicyclic) bond motifs is 1. The number of aryl methyl sites for hydroxylation is 1. The maximum Gasteiger partial charge on any atom is 0.262 e. The van der Waals surface area contributed by atoms with Crippen LogP contribution in [0.2, 0.25) is 0 Å². The molecule has 196 valence electrons. The fraction of sp³-hybridized carbons (Fsp3) is 0.250. The molecule has 38 heavy (non-hydrogen) atoms. The first kappa shape index (κ1) is 25.6. The van der Waals surface area contributed by atoms with Crippen molar-refractivity contribution in [3.8, 4) is 17.2 Å². The maximum absolute atomic E-state index is 12.7. The van der Waals surface area contributed by atoms with Crippen LogP contribution in [-0.4, -0.2) is 37.7 Å². The van der Waals surface area contributed by atoms with Crippen molar-refractivity contribution in [2.24, 2.45) is 5.92 Å². The summed E-state index contributed by atoms with van der Waals surface area (Å²) in [5.74, 6) is 0.829. The number of carbonyl (C=O) groups excluding carboxylic acids is 3. The van der Waals surface area contributed by atoms with E-state index < -0.39 is 5.92 Å². The van der Waals surface area contributed by atoms with Crippen molar-refractivity contribution in [2.45, 2.75) is 19.9 Å². The average molecular weight is 580 g/mol. The summed E-state index contributed by atoms with van der Waals surface area (Å²) in [7, 11) is 0. The van der Waals surface area contributed by atoms with Crippen molar-refractivity contribution >= 4 is 45.0 Å². The predicted octanol–water partition coefficient (Wildman–Crippen LogP) is 4.17. The molecule has 2 aliphatic heterocycles. The Hall–Kier alpha value is -4.05. The fourth-order valence-electron chi connectivity index (χ4n) is 4.31. The molecule has 3 aromatic rings. The van der Waals surface area contributed by atoms with Crippen molar-refractivity contribution < 1.29 is 28.6 Å². The Morgan fingerprint density at radius 3 is 2.63 bits per heavy atom. The first-order chi connectivity index (χ1) is 18.4. The van der Waals surface area contributed by atoms with Gasteiger partial charge in [0, 0.05) is 35.4 Å². The Labute approximate surface area is 228 Å². The molecule has 2 aliphatic rings. The monoisotopic (exact) mass is 579 g/mol. The van der Waals surface area contributed by atoms with Crippen LogP contribution in [0, 0.1) is 12.8 Å². The Balaban J connectivity index is 1.10. The van der Waals surface area contributed by atoms with Crippen LogP contribution in [0.1, 0.15) is 17.5 Å². The van der Waals surface area contributed by atoms with Crippen molar-refractivity contribution in [1.82, 2.24) is 5.32 Å². The van der Waals surface area contributed by atoms with Gasteiger partial charge in [0.25, 0.3) is 5.91 Å². The third-order valence-corrected chi connectivity index (χ3v) is 7.25. The number of hydrogen-bond acceptors (Lipinski definition) is 6. The molecule has 0 saturated carbocycles. The summed E-state index contributed by atoms with van der Waals surface area (Å²) in [6.45, 7) is 2.61. The van der Waals surface area contributed by atoms with Crippen LogP contribution in [0.4, 0.5) is 11.4 Å². The molecule has 0 aromatic heterocycles. The van der Waals surface area contributed by atoms with Gasteiger partial charge in [0.1, 0.15) is 5.75 Å². The molecule has 10 heteroatoms. The molecular weight excluding hydrogens is 554 g/mol. The number of amides is 3. The van der Waals surface area contributed by atoms with E-state index in [-0.39, 0.29) is 37.5 Å². The zero-order chi connectivity index (χ0) is 26.6. The summed E-state index contributed by atoms with van der Waals surface area (Å²) < 4.78 is 17.2. The summed E-state index contributed by atoms with van der Waals surface area (Å²) in [5, 5.41) is 5.71. The summed E-state index contributed by atoms with van der Waals surface area (Å²) in [6, 6.07) is 18.0. The summed E-state index contributed by atoms with van der Waals surface area (Å²) in [6.07, 6.45) is 0.140. The second-order valence-electron chi connectivity index (χ2n) is 9.11. The predicted molar refractivity (Wildman–Crippen MR) is 144 cm³/mol. The van der Waals surface area contributed by atoms with Gasteiger partial charge >= 0.3 is 0 Å². The zero-order valence-electron chi connectivity index (χ0n) is 20.7. The van der Waals surface area contributed by atoms with Gasteiger partial charge in [0.05, 0.1) is 5.92 Å². The molecule has 2 N–H and O–H groups in total. The maximum atomic E-state index is 12.7. The van der Waals surface area contributed by atoms with E-state index in [9.17, 15) is 14.4 Å². The molecule has 0 bridgehead atoms. The summed E-state index contributed by atoms with van der Waals surface area (Å²) >= 11 is 3.44. The molecule has 3 amide bonds. The Kier molecular flexibility index (Phi) is 7.50. The highest BCUT2D eigenvalue weighted by Gasteiger charge is 2.35. The first-order valence-corrected chi connectivity index (χ1v) is 12.9. The number of halogens is 1. The molecular formula is C28H26BrN3O6. The highest BCUT2D eigenvalue weighted by atomic mass is 79.9. The SMILES string of the molecule is Cc1cc(NC(=O)COc2ccc(N3C[C@@H](C(=O)NCc4ccc5c(c4)OCO5)CC3=O)cc2)ccc1Br. The van der Waals surface area contributed by atoms with Crippen LogP contribution in [0.3, 0.4) is 0 Å². The number of rotatable bonds is 8. The van der Waals surface area contributed by atoms with E-state index in [0.29, 0.717) is 41.7 Å². The van der Waals surface area contributed by atoms with Gasteiger partial charge in [-0.1, -0.05) is 22.0 Å². The van der Waals surface area contributed by atoms with Crippen molar-refractivity contribution in [2.75, 3.05) is 30.2 Å². The lowest BCUT2D eigenvalue weighted by atomic mass is 10.1. The lowest BCUT2D eigenvalue weighted by Gasteiger charge is -2.17. The lowest BCUT2D eigenvalue weighted by Crippen LogP contribution is -2.32. The van der Waals surface area contributed by atoms with Crippen LogP contribution in [-0.2, 0) is 20.9 Å². The summed E-state index contributed by atoms with van der Waals surface area (Å²) in [5.41, 5.74) is 3.26. The quantitative estimate of drug-likeness (QED) is 0.415. The van der Waals surface area contributed by atoms with Gasteiger partial charge in [0.15, 0.2) is 18.1 Å². The Morgan fingerprint density at radius 2 is 1.84 bits per heavy atom. The van der Waals surface area contributed by atoms with Crippen molar-refractivity contribution in [3.63, 3.8) is 0 Å². The number of nitrogens with zero attached hydrogens (tertiary/aromatic N) is 1. The van der Waals surface area contributed by atoms with Gasteiger partial charge in [-0.25, -0.2) is 0 Å². The second-order valence-corrected chi connectivity index (χ2v) is 9.96. The normalized spacial score (nSPS) is 15.9. The van der Waals surface area contributed by atoms with Crippen molar-refractivity contribution in [1.29, 1.82) is 0 Å². The van der Waals surface area contributed by atoms with E-state index in [4.69, 9.17) is 14.2 Å². The zero-order valence-corrected chi connectivity index (χ0v) is 22.2. The second kappa shape index (κ2) is 11.1. The smallest absolute Gasteiger partial charge is 0.262 e. The Morgan fingerprint density at radius 1 is 1.05 bits per heavy atom. The number of ether oxygens (including phenoxy) is 3. The molecule has 5 rings (SSSR count). The lowest BCUT2D eigenvalue weighted by molar-refractivity contribution is -0.126. The molecule has 0 spiro atoms. The van der Waals surface area contributed by atoms with Crippen LogP contribution >= 0.6 is 15.9 Å². The molecule has 1 saturated heterocycles. The average Bonchev–Trinajstić information content (AvgIpc) is 3.55. The molecule has 0 aliphatic carbocycles. The number of anilines is 2. The standard InChI is InChI=1S/C28H26BrN3O6/c1-17-10-20(3-8-23(17)29)31-26(33)15-36-22-6-4-21(5-7-22)32-14-19(12-27(32)34)28(35)30-13-18-2-9-24-25(11-18)38-16-37-24/h2-11,19H,12-16H2,1H3,(H,30,35)(H,31,33)/t19-/m0/s1. The number of nitrogens with one attached hydrogen (secondary N) is 2. The van der Waals surface area contributed by atoms with Gasteiger partial charge in [-0.05, 0) is 72.6 Å². The van der Waals surface area contributed by atoms with Crippen LogP contribution < -0.4 is 29.7 Å². The molecule has 2 heterocycles. The summed E-state index contributed by atoms with van der Waals surface area (Å²) in [4.78, 5) is 39.2. The first-order valence-electron chi connectivity index (χ1n) is 12.1. The number of carbonyl (C=O) groups is 3. The van der Waals surface area contributed by atoms with E-state index in [1.54, 1.807) is 29.2 Å². The van der Waals surface area contributed by atoms with Gasteiger partial charge in [-0.3, -0.25) is 14.4 Å². The Bertz CT molecular complexity index is 1380. The van der Waals surface area contributed by atoms with E-state index in [1.165, 1.54) is 0 Å². The molecule has 1 atom stereocenters. The highest BCUT2D eigenvalue weighted by molar-refractivity contribution is 9.10. The number of hydrogen-bond donors (Lipinski definition) is 2. The van der Waals surface area contributed by atoms with Gasteiger partial charge in [-0.15, -0.1) is 0 Å². The molecule has 1 fully saturated rings. The minimum Gasteiger partial charge on any atom is -0.484 e. The fourth-order valence-corrected chi connectivity index (χ4v) is 4.55. The van der Waals surface area contributed by atoms with E-state index in [0.717, 1.165) is 15.6 Å². The molecule has 9 nitrogen and oxygen atoms in total. The minimum atomic E-state index is -0.446. The molecule has 3 aromatic carbocycles. The van der Waals surface area contributed by atoms with Crippen LogP contribution in [0.25, 0.3) is 0 Å². The van der Waals surface area contributed by atoms with Gasteiger partial charge in [-0.2, -0.15) is 0 Å². The molecule has 0 unspecified atom stereocenters. The third kappa shape index (κ3) is 5.91. The van der Waals surface area contributed by atoms with Gasteiger partial charge in [0.2, 0.25) is 18.6 Å². The molecule has 0 radical (unpaired) electrons. The van der Waals surface area contributed by atoms with Crippen molar-refractivity contribution in [3.05, 3.63) is 76.3 Å². The highest BCUT2D eigenvalue weighted by Crippen LogP contribution is 2.32. The van der Waals surface area contributed by atoms with Gasteiger partial charge < -0.3 is 29.7 Å². The van der Waals surface area contributed by atoms with E-state index in [1.807, 2.05) is 43.3 Å². The third-order valence-electron chi connectivity index (χ3n) is 6.36. The largest absolute Gasteiger partial charge is 0.484 e. The topological polar surface area (TPSA) is 106 Å². The van der Waals surface area contributed by atoms with E-state index >= 15 is 0 Å².